The molecule has 0 spiro atoms. The Hall–Kier alpha value is -2.48. The van der Waals surface area contributed by atoms with Crippen molar-refractivity contribution in [3.8, 4) is 0 Å². The summed E-state index contributed by atoms with van der Waals surface area (Å²) in [7, 11) is 0. The van der Waals surface area contributed by atoms with Crippen molar-refractivity contribution < 1.29 is 14.1 Å². The Kier molecular flexibility index (Phi) is 4.07. The summed E-state index contributed by atoms with van der Waals surface area (Å²) in [6.07, 6.45) is 6.17. The number of nitrogens with zero attached hydrogens (tertiary/aromatic N) is 3. The Morgan fingerprint density at radius 1 is 1.19 bits per heavy atom. The van der Waals surface area contributed by atoms with Crippen molar-refractivity contribution in [2.75, 3.05) is 13.2 Å². The molecule has 0 bridgehead atoms. The van der Waals surface area contributed by atoms with Crippen LogP contribution in [0.2, 0.25) is 0 Å². The molecule has 5 rings (SSSR count). The molecule has 2 aromatic rings. The second-order valence-corrected chi connectivity index (χ2v) is 7.68. The Bertz CT molecular complexity index is 930. The molecular formula is C19H22N4O4. The number of carbonyl (C=O) groups excluding carboxylic acids is 1. The van der Waals surface area contributed by atoms with Gasteiger partial charge in [0.15, 0.2) is 5.69 Å². The molecule has 2 aromatic heterocycles. The van der Waals surface area contributed by atoms with Gasteiger partial charge >= 0.3 is 0 Å². The van der Waals surface area contributed by atoms with Crippen LogP contribution in [-0.4, -0.2) is 40.1 Å². The zero-order valence-electron chi connectivity index (χ0n) is 15.0. The van der Waals surface area contributed by atoms with E-state index in [2.05, 4.69) is 15.6 Å². The van der Waals surface area contributed by atoms with Gasteiger partial charge in [0, 0.05) is 18.1 Å². The Balaban J connectivity index is 1.35. The van der Waals surface area contributed by atoms with Crippen LogP contribution >= 0.6 is 0 Å². The molecule has 1 amide bonds. The van der Waals surface area contributed by atoms with Gasteiger partial charge in [0.25, 0.3) is 11.5 Å². The van der Waals surface area contributed by atoms with Crippen molar-refractivity contribution in [2.24, 2.45) is 0 Å². The molecule has 0 radical (unpaired) electrons. The minimum atomic E-state index is -0.328. The van der Waals surface area contributed by atoms with Crippen molar-refractivity contribution >= 4 is 5.91 Å². The molecule has 2 atom stereocenters. The molecular weight excluding hydrogens is 348 g/mol. The molecule has 2 fully saturated rings. The summed E-state index contributed by atoms with van der Waals surface area (Å²) in [4.78, 5) is 25.1. The second kappa shape index (κ2) is 6.60. The third kappa shape index (κ3) is 3.18. The maximum atomic E-state index is 12.6. The van der Waals surface area contributed by atoms with Crippen LogP contribution in [0.5, 0.6) is 0 Å². The standard InChI is InChI=1S/C19H22N4O4/c24-18-7-12-3-1-2-4-13(12)21-23(18)16-10-26-9-15(16)20-19(25)14-8-17(27-22-14)11-5-6-11/h7-8,11,15-16H,1-6,9-10H2,(H,20,25). The zero-order valence-corrected chi connectivity index (χ0v) is 15.0. The summed E-state index contributed by atoms with van der Waals surface area (Å²) >= 11 is 0. The largest absolute Gasteiger partial charge is 0.377 e. The van der Waals surface area contributed by atoms with Crippen LogP contribution in [0.3, 0.4) is 0 Å². The van der Waals surface area contributed by atoms with Gasteiger partial charge in [-0.15, -0.1) is 0 Å². The first-order valence-corrected chi connectivity index (χ1v) is 9.66. The first kappa shape index (κ1) is 16.7. The summed E-state index contributed by atoms with van der Waals surface area (Å²) in [6.45, 7) is 0.692. The molecule has 2 aliphatic carbocycles. The average molecular weight is 370 g/mol. The van der Waals surface area contributed by atoms with Gasteiger partial charge in [0.1, 0.15) is 11.8 Å². The highest BCUT2D eigenvalue weighted by atomic mass is 16.5. The number of amides is 1. The van der Waals surface area contributed by atoms with E-state index in [0.717, 1.165) is 55.5 Å². The Labute approximate surface area is 155 Å². The van der Waals surface area contributed by atoms with E-state index in [0.29, 0.717) is 19.1 Å². The number of aryl methyl sites for hydroxylation is 2. The second-order valence-electron chi connectivity index (χ2n) is 7.68. The fraction of sp³-hybridized carbons (Fsp3) is 0.579. The van der Waals surface area contributed by atoms with Crippen LogP contribution in [0.1, 0.15) is 65.1 Å². The fourth-order valence-corrected chi connectivity index (χ4v) is 3.94. The summed E-state index contributed by atoms with van der Waals surface area (Å²) in [5.41, 5.74) is 2.18. The van der Waals surface area contributed by atoms with Gasteiger partial charge in [-0.05, 0) is 44.1 Å². The molecule has 142 valence electrons. The molecule has 27 heavy (non-hydrogen) atoms. The molecule has 1 saturated heterocycles. The van der Waals surface area contributed by atoms with E-state index >= 15 is 0 Å². The van der Waals surface area contributed by atoms with Gasteiger partial charge in [-0.3, -0.25) is 9.59 Å². The number of aromatic nitrogens is 3. The van der Waals surface area contributed by atoms with Gasteiger partial charge < -0.3 is 14.6 Å². The summed E-state index contributed by atoms with van der Waals surface area (Å²) < 4.78 is 12.3. The SMILES string of the molecule is O=C(NC1COCC1n1nc2c(cc1=O)CCCC2)c1cc(C2CC2)on1. The maximum absolute atomic E-state index is 12.6. The summed E-state index contributed by atoms with van der Waals surface area (Å²) in [5, 5.41) is 11.4. The molecule has 1 aliphatic heterocycles. The van der Waals surface area contributed by atoms with Crippen molar-refractivity contribution in [1.29, 1.82) is 0 Å². The normalized spacial score (nSPS) is 24.6. The van der Waals surface area contributed by atoms with Crippen molar-refractivity contribution in [3.05, 3.63) is 45.2 Å². The molecule has 2 unspecified atom stereocenters. The number of hydrogen-bond acceptors (Lipinski definition) is 6. The number of nitrogens with one attached hydrogen (secondary N) is 1. The van der Waals surface area contributed by atoms with Crippen molar-refractivity contribution in [3.63, 3.8) is 0 Å². The fourth-order valence-electron chi connectivity index (χ4n) is 3.94. The molecule has 0 aromatic carbocycles. The smallest absolute Gasteiger partial charge is 0.273 e. The summed E-state index contributed by atoms with van der Waals surface area (Å²) in [6, 6.07) is 2.76. The monoisotopic (exact) mass is 370 g/mol. The number of rotatable bonds is 4. The Morgan fingerprint density at radius 3 is 2.89 bits per heavy atom. The van der Waals surface area contributed by atoms with Crippen LogP contribution < -0.4 is 10.9 Å². The lowest BCUT2D eigenvalue weighted by molar-refractivity contribution is 0.0915. The topological polar surface area (TPSA) is 99.2 Å². The molecule has 3 heterocycles. The van der Waals surface area contributed by atoms with Gasteiger partial charge in [0.2, 0.25) is 0 Å². The average Bonchev–Trinajstić information content (AvgIpc) is 3.22. The third-order valence-electron chi connectivity index (χ3n) is 5.65. The maximum Gasteiger partial charge on any atom is 0.273 e. The molecule has 8 heteroatoms. The highest BCUT2D eigenvalue weighted by Crippen LogP contribution is 2.40. The number of carbonyl (C=O) groups is 1. The van der Waals surface area contributed by atoms with Crippen molar-refractivity contribution in [1.82, 2.24) is 20.3 Å². The van der Waals surface area contributed by atoms with E-state index in [1.165, 1.54) is 4.68 Å². The predicted molar refractivity (Wildman–Crippen MR) is 94.7 cm³/mol. The van der Waals surface area contributed by atoms with Crippen LogP contribution in [0.15, 0.2) is 21.5 Å². The minimum absolute atomic E-state index is 0.136. The van der Waals surface area contributed by atoms with Gasteiger partial charge in [-0.2, -0.15) is 5.10 Å². The quantitative estimate of drug-likeness (QED) is 0.872. The van der Waals surface area contributed by atoms with Gasteiger partial charge in [-0.1, -0.05) is 5.16 Å². The van der Waals surface area contributed by atoms with Gasteiger partial charge in [0.05, 0.1) is 24.9 Å². The number of fused-ring (bicyclic) bond motifs is 1. The number of hydrogen-bond donors (Lipinski definition) is 1. The first-order valence-electron chi connectivity index (χ1n) is 9.66. The molecule has 8 nitrogen and oxygen atoms in total. The first-order chi connectivity index (χ1) is 13.2. The molecule has 1 N–H and O–H groups in total. The number of ether oxygens (including phenoxy) is 1. The summed E-state index contributed by atoms with van der Waals surface area (Å²) in [5.74, 6) is 0.865. The van der Waals surface area contributed by atoms with Crippen LogP contribution in [0.4, 0.5) is 0 Å². The molecule has 3 aliphatic rings. The van der Waals surface area contributed by atoms with Crippen molar-refractivity contribution in [2.45, 2.75) is 56.5 Å². The third-order valence-corrected chi connectivity index (χ3v) is 5.65. The van der Waals surface area contributed by atoms with Crippen LogP contribution in [0.25, 0.3) is 0 Å². The lowest BCUT2D eigenvalue weighted by Gasteiger charge is -2.22. The van der Waals surface area contributed by atoms with E-state index in [1.54, 1.807) is 12.1 Å². The van der Waals surface area contributed by atoms with E-state index in [-0.39, 0.29) is 29.2 Å². The van der Waals surface area contributed by atoms with Crippen LogP contribution in [0, 0.1) is 0 Å². The van der Waals surface area contributed by atoms with E-state index in [9.17, 15) is 9.59 Å². The lowest BCUT2D eigenvalue weighted by atomic mass is 9.97. The molecule has 1 saturated carbocycles. The predicted octanol–water partition coefficient (Wildman–Crippen LogP) is 1.36. The van der Waals surface area contributed by atoms with E-state index in [4.69, 9.17) is 9.26 Å². The minimum Gasteiger partial charge on any atom is -0.377 e. The van der Waals surface area contributed by atoms with E-state index in [1.807, 2.05) is 0 Å². The Morgan fingerprint density at radius 2 is 2.04 bits per heavy atom. The highest BCUT2D eigenvalue weighted by Gasteiger charge is 2.35. The van der Waals surface area contributed by atoms with Gasteiger partial charge in [-0.25, -0.2) is 4.68 Å². The highest BCUT2D eigenvalue weighted by molar-refractivity contribution is 5.92. The van der Waals surface area contributed by atoms with Crippen LogP contribution in [-0.2, 0) is 17.6 Å². The lowest BCUT2D eigenvalue weighted by Crippen LogP contribution is -2.44. The zero-order chi connectivity index (χ0) is 18.4. The van der Waals surface area contributed by atoms with E-state index < -0.39 is 0 Å².